The van der Waals surface area contributed by atoms with E-state index in [1.807, 2.05) is 6.20 Å². The quantitative estimate of drug-likeness (QED) is 0.746. The highest BCUT2D eigenvalue weighted by molar-refractivity contribution is 5.14. The molecule has 20 heavy (non-hydrogen) atoms. The highest BCUT2D eigenvalue weighted by Gasteiger charge is 2.20. The van der Waals surface area contributed by atoms with Gasteiger partial charge in [-0.1, -0.05) is 30.3 Å². The molecule has 1 heterocycles. The van der Waals surface area contributed by atoms with Crippen LogP contribution in [-0.2, 0) is 19.5 Å². The molecule has 0 amide bonds. The summed E-state index contributed by atoms with van der Waals surface area (Å²) in [6.45, 7) is 1.99. The van der Waals surface area contributed by atoms with Gasteiger partial charge in [0.2, 0.25) is 0 Å². The van der Waals surface area contributed by atoms with Gasteiger partial charge in [0.15, 0.2) is 0 Å². The van der Waals surface area contributed by atoms with E-state index in [0.717, 1.165) is 25.6 Å². The minimum atomic E-state index is 0.768. The lowest BCUT2D eigenvalue weighted by Crippen LogP contribution is -2.14. The van der Waals surface area contributed by atoms with Gasteiger partial charge in [0.1, 0.15) is 0 Å². The van der Waals surface area contributed by atoms with Crippen LogP contribution >= 0.6 is 0 Å². The van der Waals surface area contributed by atoms with E-state index in [9.17, 15) is 0 Å². The van der Waals surface area contributed by atoms with Crippen LogP contribution in [0.15, 0.2) is 42.7 Å². The highest BCUT2D eigenvalue weighted by atomic mass is 15.3. The Morgan fingerprint density at radius 3 is 2.75 bits per heavy atom. The molecule has 0 bridgehead atoms. The molecule has 0 unspecified atom stereocenters. The smallest absolute Gasteiger partial charge is 0.0534 e. The Hall–Kier alpha value is -1.61. The Kier molecular flexibility index (Phi) is 4.49. The average Bonchev–Trinajstić information content (AvgIpc) is 3.21. The fraction of sp³-hybridized carbons (Fsp3) is 0.471. The molecule has 0 spiro atoms. The van der Waals surface area contributed by atoms with Crippen molar-refractivity contribution in [2.75, 3.05) is 0 Å². The van der Waals surface area contributed by atoms with Gasteiger partial charge in [-0.3, -0.25) is 4.68 Å². The first-order valence-corrected chi connectivity index (χ1v) is 7.69. The molecule has 0 radical (unpaired) electrons. The Balaban J connectivity index is 1.35. The van der Waals surface area contributed by atoms with Crippen molar-refractivity contribution in [2.24, 2.45) is 0 Å². The molecule has 0 saturated heterocycles. The molecule has 2 aromatic rings. The summed E-state index contributed by atoms with van der Waals surface area (Å²) in [5, 5.41) is 7.96. The molecule has 1 aromatic heterocycles. The summed E-state index contributed by atoms with van der Waals surface area (Å²) in [4.78, 5) is 0. The van der Waals surface area contributed by atoms with E-state index in [-0.39, 0.29) is 0 Å². The summed E-state index contributed by atoms with van der Waals surface area (Å²) in [5.74, 6) is 0. The third kappa shape index (κ3) is 4.20. The molecule has 1 fully saturated rings. The number of benzene rings is 1. The summed E-state index contributed by atoms with van der Waals surface area (Å²) < 4.78 is 2.08. The van der Waals surface area contributed by atoms with Crippen LogP contribution in [0.1, 0.15) is 36.8 Å². The predicted octanol–water partition coefficient (Wildman–Crippen LogP) is 3.16. The normalized spacial score (nSPS) is 14.6. The zero-order valence-corrected chi connectivity index (χ0v) is 12.0. The van der Waals surface area contributed by atoms with E-state index in [0.29, 0.717) is 0 Å². The Bertz CT molecular complexity index is 514. The first-order valence-electron chi connectivity index (χ1n) is 7.69. The first kappa shape index (κ1) is 13.4. The summed E-state index contributed by atoms with van der Waals surface area (Å²) in [6, 6.07) is 11.5. The number of aryl methyl sites for hydroxylation is 2. The second kappa shape index (κ2) is 6.71. The van der Waals surface area contributed by atoms with Crippen molar-refractivity contribution < 1.29 is 0 Å². The number of hydrogen-bond donors (Lipinski definition) is 1. The Morgan fingerprint density at radius 2 is 1.95 bits per heavy atom. The number of unbranched alkanes of at least 4 members (excludes halogenated alkanes) is 1. The monoisotopic (exact) mass is 269 g/mol. The summed E-state index contributed by atoms with van der Waals surface area (Å²) >= 11 is 0. The number of aromatic nitrogens is 2. The molecule has 0 atom stereocenters. The minimum absolute atomic E-state index is 0.768. The number of hydrogen-bond acceptors (Lipinski definition) is 2. The molecule has 1 saturated carbocycles. The fourth-order valence-corrected chi connectivity index (χ4v) is 2.42. The zero-order chi connectivity index (χ0) is 13.6. The van der Waals surface area contributed by atoms with Gasteiger partial charge in [0, 0.05) is 30.9 Å². The van der Waals surface area contributed by atoms with Crippen molar-refractivity contribution >= 4 is 0 Å². The second-order valence-corrected chi connectivity index (χ2v) is 5.71. The third-order valence-corrected chi connectivity index (χ3v) is 3.80. The van der Waals surface area contributed by atoms with E-state index in [4.69, 9.17) is 0 Å². The number of nitrogens with zero attached hydrogens (tertiary/aromatic N) is 2. The van der Waals surface area contributed by atoms with Gasteiger partial charge in [-0.15, -0.1) is 0 Å². The van der Waals surface area contributed by atoms with Crippen LogP contribution in [-0.4, -0.2) is 15.8 Å². The van der Waals surface area contributed by atoms with Gasteiger partial charge in [0.25, 0.3) is 0 Å². The molecule has 3 nitrogen and oxygen atoms in total. The minimum Gasteiger partial charge on any atom is -0.310 e. The Morgan fingerprint density at radius 1 is 1.10 bits per heavy atom. The average molecular weight is 269 g/mol. The van der Waals surface area contributed by atoms with Gasteiger partial charge in [-0.2, -0.15) is 5.10 Å². The van der Waals surface area contributed by atoms with Crippen molar-refractivity contribution in [1.29, 1.82) is 0 Å². The molecule has 3 rings (SSSR count). The lowest BCUT2D eigenvalue weighted by molar-refractivity contribution is 0.557. The topological polar surface area (TPSA) is 29.9 Å². The van der Waals surface area contributed by atoms with Crippen LogP contribution in [0.25, 0.3) is 0 Å². The van der Waals surface area contributed by atoms with E-state index in [2.05, 4.69) is 51.6 Å². The third-order valence-electron chi connectivity index (χ3n) is 3.80. The van der Waals surface area contributed by atoms with Gasteiger partial charge < -0.3 is 5.32 Å². The number of rotatable bonds is 8. The lowest BCUT2D eigenvalue weighted by Gasteiger charge is -2.02. The largest absolute Gasteiger partial charge is 0.310 e. The van der Waals surface area contributed by atoms with E-state index < -0.39 is 0 Å². The van der Waals surface area contributed by atoms with Gasteiger partial charge in [0.05, 0.1) is 6.20 Å². The van der Waals surface area contributed by atoms with E-state index in [1.165, 1.54) is 36.8 Å². The predicted molar refractivity (Wildman–Crippen MR) is 81.5 cm³/mol. The molecular weight excluding hydrogens is 246 g/mol. The van der Waals surface area contributed by atoms with Crippen molar-refractivity contribution in [3.8, 4) is 0 Å². The SMILES string of the molecule is c1ccc(CCCCn2cc(CNC3CC3)cn2)cc1. The van der Waals surface area contributed by atoms with Crippen LogP contribution in [0.4, 0.5) is 0 Å². The maximum Gasteiger partial charge on any atom is 0.0534 e. The molecule has 3 heteroatoms. The Labute approximate surface area is 121 Å². The van der Waals surface area contributed by atoms with Crippen molar-refractivity contribution in [1.82, 2.24) is 15.1 Å². The van der Waals surface area contributed by atoms with E-state index in [1.54, 1.807) is 0 Å². The van der Waals surface area contributed by atoms with Gasteiger partial charge in [-0.05, 0) is 37.7 Å². The maximum absolute atomic E-state index is 4.44. The molecule has 0 aliphatic heterocycles. The second-order valence-electron chi connectivity index (χ2n) is 5.71. The highest BCUT2D eigenvalue weighted by Crippen LogP contribution is 2.19. The standard InChI is InChI=1S/C17H23N3/c1-2-6-15(7-3-1)8-4-5-11-20-14-16(13-19-20)12-18-17-9-10-17/h1-3,6-7,13-14,17-18H,4-5,8-12H2. The van der Waals surface area contributed by atoms with Crippen LogP contribution in [0.2, 0.25) is 0 Å². The number of nitrogens with one attached hydrogen (secondary N) is 1. The molecule has 1 aliphatic rings. The zero-order valence-electron chi connectivity index (χ0n) is 12.0. The van der Waals surface area contributed by atoms with Crippen LogP contribution < -0.4 is 5.32 Å². The van der Waals surface area contributed by atoms with Gasteiger partial charge >= 0.3 is 0 Å². The summed E-state index contributed by atoms with van der Waals surface area (Å²) in [6.07, 6.45) is 10.4. The van der Waals surface area contributed by atoms with E-state index >= 15 is 0 Å². The van der Waals surface area contributed by atoms with Crippen LogP contribution in [0.3, 0.4) is 0 Å². The molecule has 106 valence electrons. The molecule has 1 aromatic carbocycles. The van der Waals surface area contributed by atoms with Crippen LogP contribution in [0.5, 0.6) is 0 Å². The van der Waals surface area contributed by atoms with Crippen molar-refractivity contribution in [2.45, 2.75) is 51.2 Å². The molecule has 1 N–H and O–H groups in total. The van der Waals surface area contributed by atoms with Gasteiger partial charge in [-0.25, -0.2) is 0 Å². The van der Waals surface area contributed by atoms with Crippen molar-refractivity contribution in [3.63, 3.8) is 0 Å². The summed E-state index contributed by atoms with van der Waals surface area (Å²) in [7, 11) is 0. The fourth-order valence-electron chi connectivity index (χ4n) is 2.42. The van der Waals surface area contributed by atoms with Crippen molar-refractivity contribution in [3.05, 3.63) is 53.9 Å². The lowest BCUT2D eigenvalue weighted by atomic mass is 10.1. The van der Waals surface area contributed by atoms with Crippen LogP contribution in [0, 0.1) is 0 Å². The molecular formula is C17H23N3. The maximum atomic E-state index is 4.44. The summed E-state index contributed by atoms with van der Waals surface area (Å²) in [5.41, 5.74) is 2.74. The first-order chi connectivity index (χ1) is 9.90. The molecule has 1 aliphatic carbocycles.